The molecule has 1 heterocycles. The van der Waals surface area contributed by atoms with Crippen molar-refractivity contribution in [3.8, 4) is 0 Å². The molecule has 3 amide bonds. The standard InChI is InChI=1S/C28H33N3O4/c1-19(2)26-28(35)31(30(21(5)33)24(18-32)16-22-12-8-6-9-13-22)25(23-14-10-7-11-15-23)17-29(26)27(34)20(3)4/h6-15,17-20,24,26H,16H2,1-5H3/t24-,26?/m0/s1. The molecule has 0 bridgehead atoms. The summed E-state index contributed by atoms with van der Waals surface area (Å²) in [6.45, 7) is 8.64. The molecule has 1 unspecified atom stereocenters. The Kier molecular flexibility index (Phi) is 8.22. The second-order valence-corrected chi connectivity index (χ2v) is 9.38. The first-order valence-corrected chi connectivity index (χ1v) is 11.9. The van der Waals surface area contributed by atoms with Crippen LogP contribution in [-0.2, 0) is 25.6 Å². The van der Waals surface area contributed by atoms with Crippen LogP contribution in [0.1, 0.15) is 45.7 Å². The largest absolute Gasteiger partial charge is 0.304 e. The molecule has 0 saturated carbocycles. The van der Waals surface area contributed by atoms with E-state index in [1.807, 2.05) is 74.5 Å². The van der Waals surface area contributed by atoms with Crippen LogP contribution in [0.25, 0.3) is 5.70 Å². The van der Waals surface area contributed by atoms with E-state index < -0.39 is 23.9 Å². The lowest BCUT2D eigenvalue weighted by atomic mass is 9.96. The van der Waals surface area contributed by atoms with Crippen molar-refractivity contribution < 1.29 is 19.2 Å². The second kappa shape index (κ2) is 11.1. The van der Waals surface area contributed by atoms with Gasteiger partial charge in [-0.05, 0) is 11.5 Å². The van der Waals surface area contributed by atoms with Gasteiger partial charge in [0.25, 0.3) is 5.91 Å². The fraction of sp³-hybridized carbons (Fsp3) is 0.357. The summed E-state index contributed by atoms with van der Waals surface area (Å²) in [6, 6.07) is 16.7. The van der Waals surface area contributed by atoms with E-state index in [2.05, 4.69) is 0 Å². The van der Waals surface area contributed by atoms with Crippen LogP contribution in [0.3, 0.4) is 0 Å². The quantitative estimate of drug-likeness (QED) is 0.543. The van der Waals surface area contributed by atoms with E-state index in [9.17, 15) is 19.2 Å². The summed E-state index contributed by atoms with van der Waals surface area (Å²) in [6.07, 6.45) is 2.58. The lowest BCUT2D eigenvalue weighted by Gasteiger charge is -2.46. The van der Waals surface area contributed by atoms with Crippen molar-refractivity contribution >= 4 is 29.7 Å². The molecule has 0 saturated heterocycles. The number of hydrogen-bond acceptors (Lipinski definition) is 4. The molecule has 35 heavy (non-hydrogen) atoms. The Bertz CT molecular complexity index is 1100. The third-order valence-electron chi connectivity index (χ3n) is 6.00. The fourth-order valence-electron chi connectivity index (χ4n) is 4.33. The number of benzene rings is 2. The SMILES string of the molecule is CC(=O)N([C@H](C=O)Cc1ccccc1)N1C(=O)C(C(C)C)N(C(=O)C(C)C)C=C1c1ccccc1. The van der Waals surface area contributed by atoms with Gasteiger partial charge in [0, 0.05) is 31.0 Å². The molecule has 0 fully saturated rings. The van der Waals surface area contributed by atoms with Crippen LogP contribution in [0.5, 0.6) is 0 Å². The van der Waals surface area contributed by atoms with Gasteiger partial charge in [-0.2, -0.15) is 0 Å². The van der Waals surface area contributed by atoms with Crippen molar-refractivity contribution in [3.63, 3.8) is 0 Å². The van der Waals surface area contributed by atoms with E-state index in [4.69, 9.17) is 0 Å². The monoisotopic (exact) mass is 475 g/mol. The van der Waals surface area contributed by atoms with Gasteiger partial charge < -0.3 is 9.69 Å². The van der Waals surface area contributed by atoms with Crippen molar-refractivity contribution in [1.29, 1.82) is 0 Å². The summed E-state index contributed by atoms with van der Waals surface area (Å²) in [7, 11) is 0. The second-order valence-electron chi connectivity index (χ2n) is 9.38. The van der Waals surface area contributed by atoms with Crippen molar-refractivity contribution in [2.45, 2.75) is 53.1 Å². The van der Waals surface area contributed by atoms with E-state index in [1.165, 1.54) is 21.8 Å². The zero-order valence-electron chi connectivity index (χ0n) is 20.9. The molecule has 184 valence electrons. The van der Waals surface area contributed by atoms with Crippen LogP contribution in [0.4, 0.5) is 0 Å². The minimum atomic E-state index is -0.911. The smallest absolute Gasteiger partial charge is 0.269 e. The Labute approximate surface area is 207 Å². The molecule has 0 N–H and O–H groups in total. The van der Waals surface area contributed by atoms with Crippen LogP contribution in [0.2, 0.25) is 0 Å². The highest BCUT2D eigenvalue weighted by atomic mass is 16.2. The number of nitrogens with zero attached hydrogens (tertiary/aromatic N) is 3. The molecule has 7 nitrogen and oxygen atoms in total. The molecule has 3 rings (SSSR count). The van der Waals surface area contributed by atoms with Crippen molar-refractivity contribution in [1.82, 2.24) is 14.9 Å². The molecule has 0 spiro atoms. The van der Waals surface area contributed by atoms with Gasteiger partial charge in [0.05, 0.1) is 5.70 Å². The van der Waals surface area contributed by atoms with Crippen LogP contribution in [0.15, 0.2) is 66.9 Å². The molecule has 0 radical (unpaired) electrons. The highest BCUT2D eigenvalue weighted by molar-refractivity contribution is 5.99. The van der Waals surface area contributed by atoms with Crippen LogP contribution < -0.4 is 0 Å². The molecule has 1 aliphatic heterocycles. The lowest BCUT2D eigenvalue weighted by molar-refractivity contribution is -0.167. The van der Waals surface area contributed by atoms with E-state index in [0.717, 1.165) is 5.56 Å². The first-order valence-electron chi connectivity index (χ1n) is 11.9. The van der Waals surface area contributed by atoms with Gasteiger partial charge in [-0.25, -0.2) is 10.0 Å². The number of carbonyl (C=O) groups excluding carboxylic acids is 4. The zero-order valence-corrected chi connectivity index (χ0v) is 20.9. The molecule has 7 heteroatoms. The van der Waals surface area contributed by atoms with Crippen LogP contribution in [-0.4, -0.2) is 51.0 Å². The summed E-state index contributed by atoms with van der Waals surface area (Å²) in [5, 5.41) is 2.53. The summed E-state index contributed by atoms with van der Waals surface area (Å²) in [5.74, 6) is -1.60. The summed E-state index contributed by atoms with van der Waals surface area (Å²) in [5.41, 5.74) is 1.89. The summed E-state index contributed by atoms with van der Waals surface area (Å²) < 4.78 is 0. The molecule has 0 aliphatic carbocycles. The minimum absolute atomic E-state index is 0.185. The topological polar surface area (TPSA) is 78.0 Å². The van der Waals surface area contributed by atoms with Gasteiger partial charge in [-0.3, -0.25) is 14.4 Å². The molecule has 0 aromatic heterocycles. The van der Waals surface area contributed by atoms with Crippen molar-refractivity contribution in [2.24, 2.45) is 11.8 Å². The maximum Gasteiger partial charge on any atom is 0.269 e. The molecule has 2 aromatic rings. The minimum Gasteiger partial charge on any atom is -0.304 e. The van der Waals surface area contributed by atoms with Crippen LogP contribution >= 0.6 is 0 Å². The molecule has 2 aromatic carbocycles. The summed E-state index contributed by atoms with van der Waals surface area (Å²) in [4.78, 5) is 54.1. The Balaban J connectivity index is 2.20. The van der Waals surface area contributed by atoms with Gasteiger partial charge in [-0.1, -0.05) is 88.4 Å². The number of hydrazine groups is 1. The summed E-state index contributed by atoms with van der Waals surface area (Å²) >= 11 is 0. The normalized spacial score (nSPS) is 16.8. The highest BCUT2D eigenvalue weighted by Crippen LogP contribution is 2.33. The average Bonchev–Trinajstić information content (AvgIpc) is 2.84. The Morgan fingerprint density at radius 3 is 2.03 bits per heavy atom. The fourth-order valence-corrected chi connectivity index (χ4v) is 4.33. The molecular weight excluding hydrogens is 442 g/mol. The van der Waals surface area contributed by atoms with Gasteiger partial charge in [0.15, 0.2) is 0 Å². The highest BCUT2D eigenvalue weighted by Gasteiger charge is 2.45. The Hall–Kier alpha value is -3.74. The number of carbonyl (C=O) groups is 4. The first-order chi connectivity index (χ1) is 16.7. The van der Waals surface area contributed by atoms with Crippen molar-refractivity contribution in [3.05, 3.63) is 78.0 Å². The van der Waals surface area contributed by atoms with Gasteiger partial charge in [0.2, 0.25) is 11.8 Å². The Morgan fingerprint density at radius 2 is 1.54 bits per heavy atom. The predicted octanol–water partition coefficient (Wildman–Crippen LogP) is 3.91. The van der Waals surface area contributed by atoms with Crippen LogP contribution in [0, 0.1) is 11.8 Å². The van der Waals surface area contributed by atoms with Gasteiger partial charge in [0.1, 0.15) is 18.4 Å². The maximum absolute atomic E-state index is 14.1. The van der Waals surface area contributed by atoms with Crippen molar-refractivity contribution in [2.75, 3.05) is 0 Å². The van der Waals surface area contributed by atoms with Gasteiger partial charge >= 0.3 is 0 Å². The average molecular weight is 476 g/mol. The molecule has 1 aliphatic rings. The van der Waals surface area contributed by atoms with E-state index in [1.54, 1.807) is 20.0 Å². The van der Waals surface area contributed by atoms with E-state index >= 15 is 0 Å². The third kappa shape index (κ3) is 5.50. The van der Waals surface area contributed by atoms with E-state index in [-0.39, 0.29) is 24.2 Å². The lowest BCUT2D eigenvalue weighted by Crippen LogP contribution is -2.63. The van der Waals surface area contributed by atoms with E-state index in [0.29, 0.717) is 17.5 Å². The first kappa shape index (κ1) is 25.9. The van der Waals surface area contributed by atoms with Gasteiger partial charge in [-0.15, -0.1) is 0 Å². The number of aldehydes is 1. The molecular formula is C28H33N3O4. The maximum atomic E-state index is 14.1. The Morgan fingerprint density at radius 1 is 0.971 bits per heavy atom. The number of rotatable bonds is 8. The molecule has 2 atom stereocenters. The predicted molar refractivity (Wildman–Crippen MR) is 134 cm³/mol. The zero-order chi connectivity index (χ0) is 25.7. The number of hydrogen-bond donors (Lipinski definition) is 0. The number of amides is 3. The third-order valence-corrected chi connectivity index (χ3v) is 6.00.